The van der Waals surface area contributed by atoms with Crippen LogP contribution in [0.15, 0.2) is 65.1 Å². The monoisotopic (exact) mass is 501 g/mol. The summed E-state index contributed by atoms with van der Waals surface area (Å²) in [5.41, 5.74) is 3.72. The lowest BCUT2D eigenvalue weighted by atomic mass is 9.73. The second-order valence-electron chi connectivity index (χ2n) is 9.61. The van der Waals surface area contributed by atoms with E-state index in [1.54, 1.807) is 6.07 Å². The van der Waals surface area contributed by atoms with Gasteiger partial charge in [0.2, 0.25) is 0 Å². The lowest BCUT2D eigenvalue weighted by molar-refractivity contribution is -0.119. The van der Waals surface area contributed by atoms with Crippen molar-refractivity contribution in [2.45, 2.75) is 58.3 Å². The van der Waals surface area contributed by atoms with Crippen LogP contribution >= 0.6 is 0 Å². The molecular weight excluding hydrogens is 470 g/mol. The molecule has 0 saturated heterocycles. The first-order chi connectivity index (χ1) is 17.9. The smallest absolute Gasteiger partial charge is 0.262 e. The molecule has 1 N–H and O–H groups in total. The molecule has 2 aromatic rings. The molecule has 0 radical (unpaired) electrons. The number of Topliss-reactive ketones (excluding diaryl/α,β-unsaturated/α-hetero) is 2. The Morgan fingerprint density at radius 2 is 1.62 bits per heavy atom. The third-order valence-corrected chi connectivity index (χ3v) is 6.90. The van der Waals surface area contributed by atoms with Crippen molar-refractivity contribution in [2.75, 3.05) is 18.5 Å². The zero-order valence-electron chi connectivity index (χ0n) is 21.2. The van der Waals surface area contributed by atoms with Gasteiger partial charge in [-0.15, -0.1) is 0 Å². The molecule has 0 aromatic heterocycles. The van der Waals surface area contributed by atoms with Gasteiger partial charge in [-0.25, -0.2) is 0 Å². The first-order valence-electron chi connectivity index (χ1n) is 12.9. The van der Waals surface area contributed by atoms with Crippen LogP contribution in [-0.4, -0.2) is 30.7 Å². The third-order valence-electron chi connectivity index (χ3n) is 6.90. The number of aryl methyl sites for hydroxylation is 1. The van der Waals surface area contributed by atoms with Crippen molar-refractivity contribution in [3.63, 3.8) is 0 Å². The number of carbonyl (C=O) groups is 3. The van der Waals surface area contributed by atoms with E-state index in [0.717, 1.165) is 24.0 Å². The van der Waals surface area contributed by atoms with Gasteiger partial charge in [-0.3, -0.25) is 14.4 Å². The predicted octanol–water partition coefficient (Wildman–Crippen LogP) is 5.54. The first-order valence-corrected chi connectivity index (χ1v) is 12.9. The zero-order valence-corrected chi connectivity index (χ0v) is 21.2. The van der Waals surface area contributed by atoms with Crippen molar-refractivity contribution in [1.82, 2.24) is 0 Å². The number of nitrogens with one attached hydrogen (secondary N) is 1. The number of rotatable bonds is 7. The number of anilines is 1. The first kappa shape index (κ1) is 24.8. The predicted molar refractivity (Wildman–Crippen MR) is 139 cm³/mol. The normalized spacial score (nSPS) is 17.7. The lowest BCUT2D eigenvalue weighted by Gasteiger charge is -2.36. The molecule has 7 heteroatoms. The van der Waals surface area contributed by atoms with Crippen molar-refractivity contribution >= 4 is 23.2 Å². The van der Waals surface area contributed by atoms with Crippen molar-refractivity contribution in [2.24, 2.45) is 0 Å². The summed E-state index contributed by atoms with van der Waals surface area (Å²) in [6, 6.07) is 13.0. The van der Waals surface area contributed by atoms with Crippen LogP contribution in [0, 0.1) is 6.92 Å². The highest BCUT2D eigenvalue weighted by molar-refractivity contribution is 6.05. The fraction of sp³-hybridized carbons (Fsp3) is 0.367. The number of benzene rings is 2. The molecule has 7 nitrogen and oxygen atoms in total. The number of hydrogen-bond donors (Lipinski definition) is 1. The van der Waals surface area contributed by atoms with Crippen LogP contribution in [0.3, 0.4) is 0 Å². The van der Waals surface area contributed by atoms with Gasteiger partial charge in [0.15, 0.2) is 29.7 Å². The molecule has 0 saturated carbocycles. The van der Waals surface area contributed by atoms with Gasteiger partial charge in [-0.1, -0.05) is 18.2 Å². The van der Waals surface area contributed by atoms with Gasteiger partial charge in [-0.05, 0) is 62.1 Å². The van der Waals surface area contributed by atoms with Gasteiger partial charge in [0.1, 0.15) is 11.5 Å². The minimum Gasteiger partial charge on any atom is -0.490 e. The molecule has 5 rings (SSSR count). The second-order valence-corrected chi connectivity index (χ2v) is 9.61. The van der Waals surface area contributed by atoms with E-state index in [2.05, 4.69) is 5.32 Å². The molecule has 0 atom stereocenters. The highest BCUT2D eigenvalue weighted by Crippen LogP contribution is 2.48. The maximum Gasteiger partial charge on any atom is 0.262 e. The topological polar surface area (TPSA) is 90.9 Å². The summed E-state index contributed by atoms with van der Waals surface area (Å²) in [6.07, 6.45) is 3.79. The SMILES string of the molecule is CCOc1cc(C2C3=C(CCCC3=O)OC3=C2C(=O)CCC3)ccc1OCC(=O)Nc1cccc(C)c1. The zero-order chi connectivity index (χ0) is 25.9. The van der Waals surface area contributed by atoms with Crippen LogP contribution in [0.2, 0.25) is 0 Å². The minimum atomic E-state index is -0.475. The number of ketones is 2. The molecule has 0 unspecified atom stereocenters. The molecule has 1 heterocycles. The average Bonchev–Trinajstić information content (AvgIpc) is 2.87. The van der Waals surface area contributed by atoms with Crippen LogP contribution in [0.5, 0.6) is 11.5 Å². The maximum absolute atomic E-state index is 13.0. The number of carbonyl (C=O) groups excluding carboxylic acids is 3. The Hall–Kier alpha value is -3.87. The molecule has 1 amide bonds. The molecule has 192 valence electrons. The van der Waals surface area contributed by atoms with E-state index in [0.29, 0.717) is 72.1 Å². The molecule has 3 aliphatic rings. The Bertz CT molecular complexity index is 1280. The van der Waals surface area contributed by atoms with Gasteiger partial charge in [-0.2, -0.15) is 0 Å². The molecule has 0 fully saturated rings. The quantitative estimate of drug-likeness (QED) is 0.536. The highest BCUT2D eigenvalue weighted by Gasteiger charge is 2.42. The maximum atomic E-state index is 13.0. The standard InChI is InChI=1S/C30H31NO6/c1-3-35-26-16-19(13-14-23(26)36-17-27(34)31-20-8-4-7-18(2)15-20)28-29-21(32)9-5-11-24(29)37-25-12-6-10-22(33)30(25)28/h4,7-8,13-16,28H,3,5-6,9-12,17H2,1-2H3,(H,31,34). The molecule has 37 heavy (non-hydrogen) atoms. The Kier molecular flexibility index (Phi) is 7.12. The van der Waals surface area contributed by atoms with E-state index < -0.39 is 5.92 Å². The van der Waals surface area contributed by atoms with E-state index >= 15 is 0 Å². The summed E-state index contributed by atoms with van der Waals surface area (Å²) >= 11 is 0. The number of ether oxygens (including phenoxy) is 3. The average molecular weight is 502 g/mol. The molecule has 0 spiro atoms. The largest absolute Gasteiger partial charge is 0.490 e. The Labute approximate surface area is 216 Å². The second kappa shape index (κ2) is 10.6. The Morgan fingerprint density at radius 3 is 2.27 bits per heavy atom. The van der Waals surface area contributed by atoms with E-state index in [-0.39, 0.29) is 24.1 Å². The van der Waals surface area contributed by atoms with E-state index in [4.69, 9.17) is 14.2 Å². The van der Waals surface area contributed by atoms with Gasteiger partial charge in [0, 0.05) is 48.4 Å². The summed E-state index contributed by atoms with van der Waals surface area (Å²) in [4.78, 5) is 38.6. The minimum absolute atomic E-state index is 0.0299. The third kappa shape index (κ3) is 5.17. The van der Waals surface area contributed by atoms with Crippen LogP contribution in [-0.2, 0) is 19.1 Å². The van der Waals surface area contributed by atoms with Crippen LogP contribution < -0.4 is 14.8 Å². The summed E-state index contributed by atoms with van der Waals surface area (Å²) in [7, 11) is 0. The van der Waals surface area contributed by atoms with Crippen molar-refractivity contribution in [3.05, 3.63) is 76.3 Å². The van der Waals surface area contributed by atoms with Crippen molar-refractivity contribution in [1.29, 1.82) is 0 Å². The highest BCUT2D eigenvalue weighted by atomic mass is 16.5. The summed E-state index contributed by atoms with van der Waals surface area (Å²) < 4.78 is 17.8. The van der Waals surface area contributed by atoms with Gasteiger partial charge in [0.05, 0.1) is 6.61 Å². The van der Waals surface area contributed by atoms with Crippen LogP contribution in [0.4, 0.5) is 5.69 Å². The number of allylic oxidation sites excluding steroid dienone is 4. The van der Waals surface area contributed by atoms with Gasteiger partial charge in [0.25, 0.3) is 5.91 Å². The fourth-order valence-electron chi connectivity index (χ4n) is 5.31. The molecule has 0 bridgehead atoms. The molecule has 1 aliphatic heterocycles. The van der Waals surface area contributed by atoms with Crippen LogP contribution in [0.1, 0.15) is 62.5 Å². The Morgan fingerprint density at radius 1 is 0.919 bits per heavy atom. The van der Waals surface area contributed by atoms with E-state index in [1.807, 2.05) is 50.2 Å². The fourth-order valence-corrected chi connectivity index (χ4v) is 5.31. The van der Waals surface area contributed by atoms with Crippen molar-refractivity contribution < 1.29 is 28.6 Å². The number of amides is 1. The Balaban J connectivity index is 1.43. The molecule has 2 aliphatic carbocycles. The lowest BCUT2D eigenvalue weighted by Crippen LogP contribution is -2.30. The molecule has 2 aromatic carbocycles. The number of hydrogen-bond acceptors (Lipinski definition) is 6. The van der Waals surface area contributed by atoms with E-state index in [9.17, 15) is 14.4 Å². The molecular formula is C30H31NO6. The van der Waals surface area contributed by atoms with Gasteiger partial charge < -0.3 is 19.5 Å². The van der Waals surface area contributed by atoms with Crippen molar-refractivity contribution in [3.8, 4) is 11.5 Å². The summed E-state index contributed by atoms with van der Waals surface area (Å²) in [6.45, 7) is 4.03. The summed E-state index contributed by atoms with van der Waals surface area (Å²) in [5.74, 6) is 1.58. The summed E-state index contributed by atoms with van der Waals surface area (Å²) in [5, 5.41) is 2.83. The van der Waals surface area contributed by atoms with Crippen LogP contribution in [0.25, 0.3) is 0 Å². The van der Waals surface area contributed by atoms with Gasteiger partial charge >= 0.3 is 0 Å². The van der Waals surface area contributed by atoms with E-state index in [1.165, 1.54) is 0 Å².